The summed E-state index contributed by atoms with van der Waals surface area (Å²) in [7, 11) is 0. The van der Waals surface area contributed by atoms with Crippen molar-refractivity contribution in [2.45, 2.75) is 26.4 Å². The second-order valence-corrected chi connectivity index (χ2v) is 2.63. The van der Waals surface area contributed by atoms with Gasteiger partial charge < -0.3 is 9.52 Å². The first-order valence-electron chi connectivity index (χ1n) is 4.00. The van der Waals surface area contributed by atoms with Crippen LogP contribution in [0.25, 0.3) is 0 Å². The molecule has 1 rings (SSSR count). The van der Waals surface area contributed by atoms with Crippen LogP contribution in [-0.2, 0) is 13.0 Å². The van der Waals surface area contributed by atoms with Crippen LogP contribution in [0.2, 0.25) is 0 Å². The fraction of sp³-hybridized carbons (Fsp3) is 0.444. The van der Waals surface area contributed by atoms with E-state index in [-0.39, 0.29) is 12.0 Å². The summed E-state index contributed by atoms with van der Waals surface area (Å²) in [6.07, 6.45) is 1.67. The molecule has 1 aromatic rings. The van der Waals surface area contributed by atoms with Gasteiger partial charge in [-0.1, -0.05) is 6.92 Å². The van der Waals surface area contributed by atoms with Gasteiger partial charge in [0, 0.05) is 18.6 Å². The van der Waals surface area contributed by atoms with E-state index in [9.17, 15) is 4.79 Å². The van der Waals surface area contributed by atoms with Gasteiger partial charge in [0.25, 0.3) is 0 Å². The highest BCUT2D eigenvalue weighted by atomic mass is 16.4. The Labute approximate surface area is 70.7 Å². The van der Waals surface area contributed by atoms with E-state index in [0.717, 1.165) is 12.8 Å². The predicted molar refractivity (Wildman–Crippen MR) is 44.9 cm³/mol. The molecule has 0 spiro atoms. The third-order valence-corrected chi connectivity index (χ3v) is 1.52. The first-order valence-corrected chi connectivity index (χ1v) is 4.00. The predicted octanol–water partition coefficient (Wildman–Crippen LogP) is 1.08. The first-order chi connectivity index (χ1) is 5.76. The number of hydrogen-bond acceptors (Lipinski definition) is 3. The Hall–Kier alpha value is -1.09. The van der Waals surface area contributed by atoms with Crippen molar-refractivity contribution in [3.63, 3.8) is 0 Å². The molecule has 0 aliphatic carbocycles. The van der Waals surface area contributed by atoms with Crippen LogP contribution in [0, 0.1) is 0 Å². The molecule has 3 nitrogen and oxygen atoms in total. The molecular weight excluding hydrogens is 156 g/mol. The van der Waals surface area contributed by atoms with Crippen LogP contribution in [-0.4, -0.2) is 5.11 Å². The lowest BCUT2D eigenvalue weighted by Crippen LogP contribution is -2.02. The fourth-order valence-corrected chi connectivity index (χ4v) is 1.03. The van der Waals surface area contributed by atoms with Crippen LogP contribution in [0.4, 0.5) is 0 Å². The summed E-state index contributed by atoms with van der Waals surface area (Å²) < 4.78 is 5.20. The summed E-state index contributed by atoms with van der Waals surface area (Å²) >= 11 is 0. The Morgan fingerprint density at radius 3 is 2.67 bits per heavy atom. The molecule has 0 fully saturated rings. The molecule has 1 N–H and O–H groups in total. The van der Waals surface area contributed by atoms with Gasteiger partial charge in [0.1, 0.15) is 18.1 Å². The Bertz CT molecular complexity index is 301. The molecule has 0 saturated carbocycles. The minimum absolute atomic E-state index is 0.103. The number of rotatable bonds is 3. The zero-order valence-corrected chi connectivity index (χ0v) is 7.04. The number of aryl methyl sites for hydroxylation is 1. The van der Waals surface area contributed by atoms with E-state index in [4.69, 9.17) is 9.52 Å². The molecule has 0 aliphatic rings. The average molecular weight is 168 g/mol. The minimum Gasteiger partial charge on any atom is -0.463 e. The number of aliphatic hydroxyl groups is 1. The molecule has 12 heavy (non-hydrogen) atoms. The van der Waals surface area contributed by atoms with E-state index in [2.05, 4.69) is 0 Å². The Kier molecular flexibility index (Phi) is 3.05. The first kappa shape index (κ1) is 9.00. The van der Waals surface area contributed by atoms with E-state index in [1.165, 1.54) is 12.1 Å². The van der Waals surface area contributed by atoms with E-state index >= 15 is 0 Å². The highest BCUT2D eigenvalue weighted by Crippen LogP contribution is 2.03. The monoisotopic (exact) mass is 168 g/mol. The summed E-state index contributed by atoms with van der Waals surface area (Å²) in [4.78, 5) is 11.0. The maximum atomic E-state index is 11.0. The van der Waals surface area contributed by atoms with Gasteiger partial charge in [0.05, 0.1) is 0 Å². The molecule has 0 bridgehead atoms. The van der Waals surface area contributed by atoms with Crippen LogP contribution in [0.3, 0.4) is 0 Å². The van der Waals surface area contributed by atoms with Gasteiger partial charge >= 0.3 is 0 Å². The highest BCUT2D eigenvalue weighted by molar-refractivity contribution is 5.05. The van der Waals surface area contributed by atoms with Gasteiger partial charge in [-0.3, -0.25) is 4.79 Å². The third kappa shape index (κ3) is 2.20. The van der Waals surface area contributed by atoms with Gasteiger partial charge in [-0.2, -0.15) is 0 Å². The Morgan fingerprint density at radius 1 is 1.42 bits per heavy atom. The van der Waals surface area contributed by atoms with E-state index in [1.54, 1.807) is 0 Å². The molecule has 3 heteroatoms. The van der Waals surface area contributed by atoms with Crippen molar-refractivity contribution >= 4 is 0 Å². The molecule has 0 unspecified atom stereocenters. The smallest absolute Gasteiger partial charge is 0.185 e. The molecule has 0 amide bonds. The molecule has 0 aromatic carbocycles. The van der Waals surface area contributed by atoms with Crippen LogP contribution >= 0.6 is 0 Å². The lowest BCUT2D eigenvalue weighted by Gasteiger charge is -1.99. The third-order valence-electron chi connectivity index (χ3n) is 1.52. The van der Waals surface area contributed by atoms with Gasteiger partial charge in [0.2, 0.25) is 0 Å². The number of hydrogen-bond donors (Lipinski definition) is 1. The van der Waals surface area contributed by atoms with Crippen molar-refractivity contribution in [2.24, 2.45) is 0 Å². The zero-order chi connectivity index (χ0) is 8.97. The second kappa shape index (κ2) is 4.07. The van der Waals surface area contributed by atoms with Gasteiger partial charge in [-0.15, -0.1) is 0 Å². The zero-order valence-electron chi connectivity index (χ0n) is 7.04. The number of aliphatic hydroxyl groups excluding tert-OH is 1. The maximum absolute atomic E-state index is 11.0. The second-order valence-electron chi connectivity index (χ2n) is 2.63. The summed E-state index contributed by atoms with van der Waals surface area (Å²) in [5, 5.41) is 8.72. The summed E-state index contributed by atoms with van der Waals surface area (Å²) in [6, 6.07) is 2.77. The molecule has 0 aliphatic heterocycles. The van der Waals surface area contributed by atoms with E-state index in [1.807, 2.05) is 6.92 Å². The summed E-state index contributed by atoms with van der Waals surface area (Å²) in [5.41, 5.74) is -0.103. The van der Waals surface area contributed by atoms with Crippen molar-refractivity contribution in [1.82, 2.24) is 0 Å². The maximum Gasteiger partial charge on any atom is 0.185 e. The lowest BCUT2D eigenvalue weighted by molar-refractivity contribution is 0.239. The normalized spacial score (nSPS) is 10.2. The fourth-order valence-electron chi connectivity index (χ4n) is 1.03. The molecule has 0 radical (unpaired) electrons. The largest absolute Gasteiger partial charge is 0.463 e. The van der Waals surface area contributed by atoms with Gasteiger partial charge in [-0.25, -0.2) is 0 Å². The molecule has 0 atom stereocenters. The molecule has 66 valence electrons. The van der Waals surface area contributed by atoms with Gasteiger partial charge in [0.15, 0.2) is 5.43 Å². The van der Waals surface area contributed by atoms with E-state index in [0.29, 0.717) is 11.5 Å². The highest BCUT2D eigenvalue weighted by Gasteiger charge is 1.99. The van der Waals surface area contributed by atoms with Crippen molar-refractivity contribution in [3.05, 3.63) is 33.9 Å². The van der Waals surface area contributed by atoms with Crippen molar-refractivity contribution in [1.29, 1.82) is 0 Å². The molecule has 0 saturated heterocycles. The quantitative estimate of drug-likeness (QED) is 0.734. The van der Waals surface area contributed by atoms with Crippen molar-refractivity contribution in [3.8, 4) is 0 Å². The average Bonchev–Trinajstić information content (AvgIpc) is 2.04. The molecule has 1 aromatic heterocycles. The van der Waals surface area contributed by atoms with Crippen LogP contribution in [0.5, 0.6) is 0 Å². The SMILES string of the molecule is CCCc1cc(=O)cc(CO)o1. The topological polar surface area (TPSA) is 50.4 Å². The Balaban J connectivity index is 2.98. The van der Waals surface area contributed by atoms with Crippen molar-refractivity contribution < 1.29 is 9.52 Å². The van der Waals surface area contributed by atoms with E-state index < -0.39 is 0 Å². The van der Waals surface area contributed by atoms with Gasteiger partial charge in [-0.05, 0) is 6.42 Å². The van der Waals surface area contributed by atoms with Crippen LogP contribution in [0.1, 0.15) is 24.9 Å². The summed E-state index contributed by atoms with van der Waals surface area (Å²) in [5.74, 6) is 0.986. The minimum atomic E-state index is -0.215. The molecule has 1 heterocycles. The standard InChI is InChI=1S/C9H12O3/c1-2-3-8-4-7(11)5-9(6-10)12-8/h4-5,10H,2-3,6H2,1H3. The molecular formula is C9H12O3. The Morgan fingerprint density at radius 2 is 2.08 bits per heavy atom. The van der Waals surface area contributed by atoms with Crippen LogP contribution in [0.15, 0.2) is 21.3 Å². The lowest BCUT2D eigenvalue weighted by atomic mass is 10.2. The summed E-state index contributed by atoms with van der Waals surface area (Å²) in [6.45, 7) is 1.79. The van der Waals surface area contributed by atoms with Crippen molar-refractivity contribution in [2.75, 3.05) is 0 Å². The van der Waals surface area contributed by atoms with Crippen LogP contribution < -0.4 is 5.43 Å².